The average Bonchev–Trinajstić information content (AvgIpc) is 3.14. The van der Waals surface area contributed by atoms with Gasteiger partial charge in [-0.1, -0.05) is 6.92 Å². The van der Waals surface area contributed by atoms with E-state index in [4.69, 9.17) is 5.73 Å². The van der Waals surface area contributed by atoms with E-state index in [0.717, 1.165) is 44.1 Å². The van der Waals surface area contributed by atoms with Gasteiger partial charge in [-0.2, -0.15) is 11.8 Å². The van der Waals surface area contributed by atoms with Gasteiger partial charge in [0.1, 0.15) is 12.1 Å². The first kappa shape index (κ1) is 25.4. The molecular formula is C20H38N4O4S2. The van der Waals surface area contributed by atoms with Gasteiger partial charge in [-0.15, -0.1) is 0 Å². The van der Waals surface area contributed by atoms with Crippen LogP contribution in [0.5, 0.6) is 0 Å². The van der Waals surface area contributed by atoms with Crippen molar-refractivity contribution in [1.82, 2.24) is 14.9 Å². The van der Waals surface area contributed by atoms with E-state index in [1.165, 1.54) is 11.8 Å². The first-order valence-corrected chi connectivity index (χ1v) is 13.8. The van der Waals surface area contributed by atoms with Crippen LogP contribution in [0.1, 0.15) is 59.3 Å². The van der Waals surface area contributed by atoms with Crippen LogP contribution >= 0.6 is 11.8 Å². The third-order valence-electron chi connectivity index (χ3n) is 6.09. The molecule has 8 nitrogen and oxygen atoms in total. The minimum Gasteiger partial charge on any atom is -0.354 e. The van der Waals surface area contributed by atoms with Crippen LogP contribution in [0, 0.1) is 5.92 Å². The second-order valence-electron chi connectivity index (χ2n) is 9.08. The zero-order chi connectivity index (χ0) is 22.5. The maximum Gasteiger partial charge on any atom is 0.242 e. The van der Waals surface area contributed by atoms with Gasteiger partial charge in [0.15, 0.2) is 0 Å². The van der Waals surface area contributed by atoms with Gasteiger partial charge in [-0.05, 0) is 64.0 Å². The highest BCUT2D eigenvalue weighted by Crippen LogP contribution is 2.31. The van der Waals surface area contributed by atoms with Crippen LogP contribution < -0.4 is 15.8 Å². The molecule has 4 N–H and O–H groups in total. The number of sulfonamides is 1. The molecule has 2 fully saturated rings. The summed E-state index contributed by atoms with van der Waals surface area (Å²) in [5.74, 6) is 0.707. The van der Waals surface area contributed by atoms with E-state index in [9.17, 15) is 18.0 Å². The number of hydrogen-bond acceptors (Lipinski definition) is 6. The molecule has 174 valence electrons. The first-order chi connectivity index (χ1) is 13.9. The number of amides is 2. The van der Waals surface area contributed by atoms with Crippen LogP contribution in [0.2, 0.25) is 0 Å². The number of nitrogens with one attached hydrogen (secondary N) is 2. The molecule has 2 rings (SSSR count). The molecule has 1 saturated heterocycles. The van der Waals surface area contributed by atoms with Crippen molar-refractivity contribution >= 4 is 33.6 Å². The van der Waals surface area contributed by atoms with Gasteiger partial charge in [0.2, 0.25) is 21.8 Å². The lowest BCUT2D eigenvalue weighted by atomic mass is 9.86. The molecule has 0 radical (unpaired) electrons. The number of nitrogens with zero attached hydrogens (tertiary/aromatic N) is 1. The fourth-order valence-corrected chi connectivity index (χ4v) is 6.35. The van der Waals surface area contributed by atoms with Gasteiger partial charge in [0.05, 0.1) is 6.26 Å². The summed E-state index contributed by atoms with van der Waals surface area (Å²) >= 11 is 1.52. The Hall–Kier alpha value is -0.840. The molecule has 1 saturated carbocycles. The molecule has 30 heavy (non-hydrogen) atoms. The Balaban J connectivity index is 2.06. The zero-order valence-electron chi connectivity index (χ0n) is 18.6. The van der Waals surface area contributed by atoms with Gasteiger partial charge in [0, 0.05) is 23.9 Å². The molecule has 0 aromatic rings. The normalized spacial score (nSPS) is 26.4. The Bertz CT molecular complexity index is 706. The zero-order valence-corrected chi connectivity index (χ0v) is 20.3. The van der Waals surface area contributed by atoms with Crippen LogP contribution in [-0.4, -0.2) is 73.1 Å². The first-order valence-electron chi connectivity index (χ1n) is 10.9. The average molecular weight is 463 g/mol. The molecule has 1 aliphatic heterocycles. The molecule has 1 aliphatic carbocycles. The summed E-state index contributed by atoms with van der Waals surface area (Å²) in [4.78, 5) is 27.8. The van der Waals surface area contributed by atoms with Crippen molar-refractivity contribution in [2.75, 3.05) is 25.1 Å². The number of carbonyl (C=O) groups excluding carboxylic acids is 2. The van der Waals surface area contributed by atoms with Crippen LogP contribution in [0.3, 0.4) is 0 Å². The van der Waals surface area contributed by atoms with Gasteiger partial charge in [0.25, 0.3) is 0 Å². The molecule has 0 bridgehead atoms. The molecule has 0 spiro atoms. The molecule has 2 unspecified atom stereocenters. The Morgan fingerprint density at radius 1 is 1.20 bits per heavy atom. The summed E-state index contributed by atoms with van der Waals surface area (Å²) in [6.45, 7) is 6.76. The number of thioether (sulfide) groups is 1. The second-order valence-corrected chi connectivity index (χ2v) is 12.8. The maximum atomic E-state index is 13.4. The van der Waals surface area contributed by atoms with Crippen LogP contribution in [0.25, 0.3) is 0 Å². The SMILES string of the molecule is CCSC(C)(C)C(NS(C)(=O)=O)C(=O)N1CCCC1C(=O)NCC1CCC(N)CC1. The number of hydrogen-bond donors (Lipinski definition) is 3. The molecule has 0 aromatic carbocycles. The lowest BCUT2D eigenvalue weighted by Gasteiger charge is -2.36. The summed E-state index contributed by atoms with van der Waals surface area (Å²) in [5.41, 5.74) is 5.95. The highest BCUT2D eigenvalue weighted by molar-refractivity contribution is 8.00. The number of likely N-dealkylation sites (tertiary alicyclic amines) is 1. The van der Waals surface area contributed by atoms with Gasteiger partial charge >= 0.3 is 0 Å². The fraction of sp³-hybridized carbons (Fsp3) is 0.900. The highest BCUT2D eigenvalue weighted by Gasteiger charge is 2.44. The second kappa shape index (κ2) is 10.7. The Morgan fingerprint density at radius 3 is 2.40 bits per heavy atom. The molecule has 10 heteroatoms. The number of carbonyl (C=O) groups is 2. The van der Waals surface area contributed by atoms with E-state index < -0.39 is 26.9 Å². The quantitative estimate of drug-likeness (QED) is 0.471. The summed E-state index contributed by atoms with van der Waals surface area (Å²) in [7, 11) is -3.59. The van der Waals surface area contributed by atoms with Crippen molar-refractivity contribution in [3.63, 3.8) is 0 Å². The number of rotatable bonds is 9. The number of nitrogens with two attached hydrogens (primary N) is 1. The van der Waals surface area contributed by atoms with Crippen molar-refractivity contribution in [3.8, 4) is 0 Å². The minimum atomic E-state index is -3.59. The van der Waals surface area contributed by atoms with E-state index in [1.807, 2.05) is 20.8 Å². The molecule has 2 atom stereocenters. The van der Waals surface area contributed by atoms with Crippen molar-refractivity contribution in [2.24, 2.45) is 11.7 Å². The van der Waals surface area contributed by atoms with Crippen LogP contribution in [-0.2, 0) is 19.6 Å². The summed E-state index contributed by atoms with van der Waals surface area (Å²) in [5, 5.41) is 3.03. The van der Waals surface area contributed by atoms with E-state index in [2.05, 4.69) is 10.0 Å². The molecule has 1 heterocycles. The Labute approximate surface area is 185 Å². The summed E-state index contributed by atoms with van der Waals surface area (Å²) in [6, 6.07) is -1.20. The van der Waals surface area contributed by atoms with Gasteiger partial charge in [-0.3, -0.25) is 9.59 Å². The van der Waals surface area contributed by atoms with E-state index in [-0.39, 0.29) is 17.9 Å². The Kier molecular flexibility index (Phi) is 9.03. The minimum absolute atomic E-state index is 0.144. The van der Waals surface area contributed by atoms with E-state index >= 15 is 0 Å². The Morgan fingerprint density at radius 2 is 1.83 bits per heavy atom. The smallest absolute Gasteiger partial charge is 0.242 e. The highest BCUT2D eigenvalue weighted by atomic mass is 32.2. The maximum absolute atomic E-state index is 13.4. The summed E-state index contributed by atoms with van der Waals surface area (Å²) < 4.78 is 25.8. The van der Waals surface area contributed by atoms with Crippen molar-refractivity contribution in [2.45, 2.75) is 82.2 Å². The molecule has 0 aromatic heterocycles. The fourth-order valence-electron chi connectivity index (χ4n) is 4.38. The molecular weight excluding hydrogens is 424 g/mol. The predicted molar refractivity (Wildman–Crippen MR) is 122 cm³/mol. The summed E-state index contributed by atoms with van der Waals surface area (Å²) in [6.07, 6.45) is 6.38. The van der Waals surface area contributed by atoms with Gasteiger partial charge < -0.3 is 16.0 Å². The monoisotopic (exact) mass is 462 g/mol. The van der Waals surface area contributed by atoms with Crippen molar-refractivity contribution < 1.29 is 18.0 Å². The molecule has 2 aliphatic rings. The van der Waals surface area contributed by atoms with Gasteiger partial charge in [-0.25, -0.2) is 13.1 Å². The van der Waals surface area contributed by atoms with Crippen molar-refractivity contribution in [3.05, 3.63) is 0 Å². The topological polar surface area (TPSA) is 122 Å². The van der Waals surface area contributed by atoms with Crippen molar-refractivity contribution in [1.29, 1.82) is 0 Å². The third-order valence-corrected chi connectivity index (χ3v) is 8.02. The lowest BCUT2D eigenvalue weighted by molar-refractivity contribution is -0.140. The van der Waals surface area contributed by atoms with E-state index in [0.29, 0.717) is 25.4 Å². The van der Waals surface area contributed by atoms with Crippen LogP contribution in [0.15, 0.2) is 0 Å². The molecule has 2 amide bonds. The largest absolute Gasteiger partial charge is 0.354 e. The predicted octanol–water partition coefficient (Wildman–Crippen LogP) is 1.06. The lowest BCUT2D eigenvalue weighted by Crippen LogP contribution is -2.59. The van der Waals surface area contributed by atoms with Crippen LogP contribution in [0.4, 0.5) is 0 Å². The van der Waals surface area contributed by atoms with E-state index in [1.54, 1.807) is 4.90 Å². The standard InChI is InChI=1S/C20H38N4O4S2/c1-5-29-20(2,3)17(23-30(4,27)28)19(26)24-12-6-7-16(24)18(25)22-13-14-8-10-15(21)11-9-14/h14-17,23H,5-13,21H2,1-4H3,(H,22,25). The third kappa shape index (κ3) is 7.10.